The van der Waals surface area contributed by atoms with Gasteiger partial charge in [-0.2, -0.15) is 13.2 Å². The maximum absolute atomic E-state index is 12.9. The van der Waals surface area contributed by atoms with Gasteiger partial charge >= 0.3 is 6.18 Å². The van der Waals surface area contributed by atoms with E-state index in [0.29, 0.717) is 23.1 Å². The molecule has 0 bridgehead atoms. The Morgan fingerprint density at radius 3 is 2.33 bits per heavy atom. The van der Waals surface area contributed by atoms with Crippen molar-refractivity contribution in [3.05, 3.63) is 58.1 Å². The molecule has 0 spiro atoms. The summed E-state index contributed by atoms with van der Waals surface area (Å²) < 4.78 is 39.2. The van der Waals surface area contributed by atoms with Gasteiger partial charge in [-0.1, -0.05) is 28.1 Å². The van der Waals surface area contributed by atoms with E-state index < -0.39 is 11.7 Å². The minimum absolute atomic E-state index is 0.0844. The smallest absolute Gasteiger partial charge is 0.399 e. The van der Waals surface area contributed by atoms with Crippen LogP contribution < -0.4 is 11.1 Å². The quantitative estimate of drug-likeness (QED) is 0.777. The first kappa shape index (κ1) is 15.7. The molecule has 0 heterocycles. The highest BCUT2D eigenvalue weighted by molar-refractivity contribution is 9.10. The first-order valence-electron chi connectivity index (χ1n) is 6.31. The Hall–Kier alpha value is -1.69. The van der Waals surface area contributed by atoms with Crippen LogP contribution in [0.25, 0.3) is 0 Å². The van der Waals surface area contributed by atoms with Crippen molar-refractivity contribution in [3.8, 4) is 0 Å². The third kappa shape index (κ3) is 4.39. The number of benzene rings is 2. The summed E-state index contributed by atoms with van der Waals surface area (Å²) in [5.74, 6) is 0. The molecule has 2 rings (SSSR count). The molecule has 0 saturated carbocycles. The van der Waals surface area contributed by atoms with Gasteiger partial charge in [-0.3, -0.25) is 0 Å². The van der Waals surface area contributed by atoms with Crippen molar-refractivity contribution < 1.29 is 13.2 Å². The van der Waals surface area contributed by atoms with E-state index in [-0.39, 0.29) is 5.69 Å². The van der Waals surface area contributed by atoms with E-state index in [0.717, 1.165) is 11.6 Å². The minimum Gasteiger partial charge on any atom is -0.399 e. The second-order valence-corrected chi connectivity index (χ2v) is 5.52. The molecule has 2 nitrogen and oxygen atoms in total. The largest absolute Gasteiger partial charge is 0.418 e. The fourth-order valence-electron chi connectivity index (χ4n) is 1.93. The summed E-state index contributed by atoms with van der Waals surface area (Å²) >= 11 is 3.06. The number of anilines is 2. The lowest BCUT2D eigenvalue weighted by molar-refractivity contribution is -0.137. The maximum Gasteiger partial charge on any atom is 0.418 e. The molecule has 2 aromatic rings. The average molecular weight is 359 g/mol. The molecule has 0 aliphatic rings. The molecule has 0 saturated heterocycles. The summed E-state index contributed by atoms with van der Waals surface area (Å²) in [5.41, 5.74) is 6.68. The molecule has 0 aliphatic heterocycles. The third-order valence-corrected chi connectivity index (χ3v) is 3.49. The van der Waals surface area contributed by atoms with Gasteiger partial charge in [0.2, 0.25) is 0 Å². The predicted octanol–water partition coefficient (Wildman–Crippen LogP) is 4.70. The molecule has 0 aliphatic carbocycles. The molecule has 2 aromatic carbocycles. The van der Waals surface area contributed by atoms with E-state index in [2.05, 4.69) is 21.2 Å². The Bertz CT molecular complexity index is 609. The van der Waals surface area contributed by atoms with E-state index in [9.17, 15) is 13.2 Å². The second kappa shape index (κ2) is 6.39. The van der Waals surface area contributed by atoms with Gasteiger partial charge in [0.25, 0.3) is 0 Å². The van der Waals surface area contributed by atoms with E-state index >= 15 is 0 Å². The zero-order valence-electron chi connectivity index (χ0n) is 11.0. The molecular weight excluding hydrogens is 345 g/mol. The predicted molar refractivity (Wildman–Crippen MR) is 82.2 cm³/mol. The maximum atomic E-state index is 12.9. The lowest BCUT2D eigenvalue weighted by Gasteiger charge is -2.15. The van der Waals surface area contributed by atoms with Crippen LogP contribution in [0.4, 0.5) is 24.5 Å². The van der Waals surface area contributed by atoms with Gasteiger partial charge < -0.3 is 11.1 Å². The van der Waals surface area contributed by atoms with Gasteiger partial charge in [-0.05, 0) is 42.3 Å². The first-order chi connectivity index (χ1) is 9.86. The lowest BCUT2D eigenvalue weighted by atomic mass is 10.1. The topological polar surface area (TPSA) is 38.0 Å². The Balaban J connectivity index is 2.05. The summed E-state index contributed by atoms with van der Waals surface area (Å²) in [6.45, 7) is 0.411. The van der Waals surface area contributed by atoms with Crippen LogP contribution >= 0.6 is 15.9 Å². The number of alkyl halides is 3. The lowest BCUT2D eigenvalue weighted by Crippen LogP contribution is -2.12. The average Bonchev–Trinajstić information content (AvgIpc) is 2.41. The highest BCUT2D eigenvalue weighted by Gasteiger charge is 2.33. The van der Waals surface area contributed by atoms with Crippen LogP contribution in [-0.4, -0.2) is 6.54 Å². The van der Waals surface area contributed by atoms with Crippen molar-refractivity contribution in [1.29, 1.82) is 0 Å². The summed E-state index contributed by atoms with van der Waals surface area (Å²) in [6.07, 6.45) is -3.76. The molecule has 112 valence electrons. The molecule has 0 radical (unpaired) electrons. The fraction of sp³-hybridized carbons (Fsp3) is 0.200. The summed E-state index contributed by atoms with van der Waals surface area (Å²) in [7, 11) is 0. The summed E-state index contributed by atoms with van der Waals surface area (Å²) in [5, 5.41) is 2.84. The number of nitrogens with two attached hydrogens (primary N) is 1. The number of hydrogen-bond donors (Lipinski definition) is 2. The molecule has 0 unspecified atom stereocenters. The fourth-order valence-corrected chi connectivity index (χ4v) is 2.29. The van der Waals surface area contributed by atoms with Gasteiger partial charge in [0.15, 0.2) is 0 Å². The van der Waals surface area contributed by atoms with Crippen molar-refractivity contribution in [2.75, 3.05) is 17.6 Å². The number of nitrogens with one attached hydrogen (secondary N) is 1. The molecule has 6 heteroatoms. The standard InChI is InChI=1S/C15H14BrF3N2/c16-11-3-6-14(13(9-11)15(17,18)19)21-8-7-10-1-4-12(20)5-2-10/h1-6,9,21H,7-8,20H2. The highest BCUT2D eigenvalue weighted by atomic mass is 79.9. The van der Waals surface area contributed by atoms with Crippen LogP contribution in [0, 0.1) is 0 Å². The molecule has 0 aromatic heterocycles. The number of hydrogen-bond acceptors (Lipinski definition) is 2. The van der Waals surface area contributed by atoms with Crippen molar-refractivity contribution in [2.24, 2.45) is 0 Å². The SMILES string of the molecule is Nc1ccc(CCNc2ccc(Br)cc2C(F)(F)F)cc1. The monoisotopic (exact) mass is 358 g/mol. The van der Waals surface area contributed by atoms with Crippen LogP contribution in [0.15, 0.2) is 46.9 Å². The van der Waals surface area contributed by atoms with Crippen molar-refractivity contribution in [1.82, 2.24) is 0 Å². The van der Waals surface area contributed by atoms with Crippen LogP contribution in [0.2, 0.25) is 0 Å². The van der Waals surface area contributed by atoms with E-state index in [1.54, 1.807) is 18.2 Å². The minimum atomic E-state index is -4.38. The first-order valence-corrected chi connectivity index (χ1v) is 7.10. The normalized spacial score (nSPS) is 11.4. The van der Waals surface area contributed by atoms with Gasteiger partial charge in [0, 0.05) is 22.4 Å². The highest BCUT2D eigenvalue weighted by Crippen LogP contribution is 2.36. The second-order valence-electron chi connectivity index (χ2n) is 4.61. The Morgan fingerprint density at radius 2 is 1.71 bits per heavy atom. The molecular formula is C15H14BrF3N2. The van der Waals surface area contributed by atoms with Gasteiger partial charge in [0.05, 0.1) is 5.56 Å². The van der Waals surface area contributed by atoms with Gasteiger partial charge in [-0.25, -0.2) is 0 Å². The summed E-state index contributed by atoms with van der Waals surface area (Å²) in [6, 6.07) is 11.4. The van der Waals surface area contributed by atoms with Crippen LogP contribution in [0.5, 0.6) is 0 Å². The third-order valence-electron chi connectivity index (χ3n) is 3.00. The van der Waals surface area contributed by atoms with Crippen molar-refractivity contribution in [2.45, 2.75) is 12.6 Å². The molecule has 0 fully saturated rings. The van der Waals surface area contributed by atoms with E-state index in [4.69, 9.17) is 5.73 Å². The number of rotatable bonds is 4. The number of nitrogen functional groups attached to an aromatic ring is 1. The van der Waals surface area contributed by atoms with Crippen molar-refractivity contribution in [3.63, 3.8) is 0 Å². The van der Waals surface area contributed by atoms with Gasteiger partial charge in [-0.15, -0.1) is 0 Å². The Kier molecular flexibility index (Phi) is 4.77. The zero-order valence-corrected chi connectivity index (χ0v) is 12.6. The molecule has 0 amide bonds. The van der Waals surface area contributed by atoms with Crippen LogP contribution in [0.1, 0.15) is 11.1 Å². The summed E-state index contributed by atoms with van der Waals surface area (Å²) in [4.78, 5) is 0. The van der Waals surface area contributed by atoms with Gasteiger partial charge in [0.1, 0.15) is 0 Å². The van der Waals surface area contributed by atoms with Crippen molar-refractivity contribution >= 4 is 27.3 Å². The Labute approximate surface area is 129 Å². The number of halogens is 4. The van der Waals surface area contributed by atoms with Crippen LogP contribution in [-0.2, 0) is 12.6 Å². The molecule has 0 atom stereocenters. The molecule has 3 N–H and O–H groups in total. The van der Waals surface area contributed by atoms with E-state index in [1.807, 2.05) is 12.1 Å². The zero-order chi connectivity index (χ0) is 15.5. The molecule has 21 heavy (non-hydrogen) atoms. The van der Waals surface area contributed by atoms with Crippen LogP contribution in [0.3, 0.4) is 0 Å². The Morgan fingerprint density at radius 1 is 1.05 bits per heavy atom. The van der Waals surface area contributed by atoms with E-state index in [1.165, 1.54) is 6.07 Å².